The van der Waals surface area contributed by atoms with E-state index in [1.54, 1.807) is 7.11 Å². The van der Waals surface area contributed by atoms with Crippen LogP contribution in [-0.2, 0) is 11.3 Å². The molecule has 0 spiro atoms. The molecule has 2 N–H and O–H groups in total. The molecule has 0 amide bonds. The van der Waals surface area contributed by atoms with Crippen molar-refractivity contribution in [1.29, 1.82) is 0 Å². The highest BCUT2D eigenvalue weighted by Gasteiger charge is 2.07. The van der Waals surface area contributed by atoms with Gasteiger partial charge >= 0.3 is 0 Å². The number of nitrogens with zero attached hydrogens (tertiary/aromatic N) is 2. The zero-order chi connectivity index (χ0) is 15.1. The lowest BCUT2D eigenvalue weighted by atomic mass is 10.0. The minimum Gasteiger partial charge on any atom is -0.377 e. The number of nitrogens with one attached hydrogen (secondary N) is 2. The number of aromatic nitrogens is 2. The minimum atomic E-state index is 0.401. The zero-order valence-electron chi connectivity index (χ0n) is 12.8. The second kappa shape index (κ2) is 7.59. The van der Waals surface area contributed by atoms with Crippen molar-refractivity contribution in [1.82, 2.24) is 9.97 Å². The molecule has 0 radical (unpaired) electrons. The van der Waals surface area contributed by atoms with Crippen molar-refractivity contribution >= 4 is 11.6 Å². The van der Waals surface area contributed by atoms with Crippen LogP contribution >= 0.6 is 0 Å². The lowest BCUT2D eigenvalue weighted by molar-refractivity contribution is 0.178. The first-order valence-electron chi connectivity index (χ1n) is 7.06. The first kappa shape index (κ1) is 15.3. The molecule has 1 heterocycles. The van der Waals surface area contributed by atoms with Crippen LogP contribution in [0.2, 0.25) is 0 Å². The summed E-state index contributed by atoms with van der Waals surface area (Å²) in [5.41, 5.74) is 1.31. The number of hydrogen-bond donors (Lipinski definition) is 2. The van der Waals surface area contributed by atoms with Crippen LogP contribution in [0.25, 0.3) is 0 Å². The largest absolute Gasteiger partial charge is 0.377 e. The van der Waals surface area contributed by atoms with Crippen molar-refractivity contribution in [3.05, 3.63) is 47.8 Å². The van der Waals surface area contributed by atoms with E-state index in [9.17, 15) is 0 Å². The van der Waals surface area contributed by atoms with Gasteiger partial charge in [0.2, 0.25) is 0 Å². The Balaban J connectivity index is 2.03. The van der Waals surface area contributed by atoms with Crippen LogP contribution in [0.5, 0.6) is 0 Å². The quantitative estimate of drug-likeness (QED) is 0.819. The monoisotopic (exact) mass is 286 g/mol. The van der Waals surface area contributed by atoms with E-state index in [0.717, 1.165) is 18.2 Å². The second-order valence-corrected chi connectivity index (χ2v) is 4.93. The first-order chi connectivity index (χ1) is 10.2. The summed E-state index contributed by atoms with van der Waals surface area (Å²) in [5.74, 6) is 2.67. The number of anilines is 2. The van der Waals surface area contributed by atoms with Gasteiger partial charge in [0.15, 0.2) is 5.82 Å². The summed E-state index contributed by atoms with van der Waals surface area (Å²) in [6.07, 6.45) is 0. The summed E-state index contributed by atoms with van der Waals surface area (Å²) in [7, 11) is 3.48. The number of hydrogen-bond acceptors (Lipinski definition) is 5. The Hall–Kier alpha value is -2.14. The van der Waals surface area contributed by atoms with Crippen LogP contribution in [0.1, 0.15) is 24.2 Å². The smallest absolute Gasteiger partial charge is 0.158 e. The van der Waals surface area contributed by atoms with Gasteiger partial charge in [-0.05, 0) is 11.5 Å². The lowest BCUT2D eigenvalue weighted by Crippen LogP contribution is -2.12. The van der Waals surface area contributed by atoms with E-state index in [4.69, 9.17) is 4.74 Å². The third-order valence-corrected chi connectivity index (χ3v) is 3.26. The Kier molecular flexibility index (Phi) is 5.51. The number of rotatable bonds is 7. The fourth-order valence-electron chi connectivity index (χ4n) is 2.07. The van der Waals surface area contributed by atoms with Gasteiger partial charge in [-0.25, -0.2) is 9.97 Å². The Labute approximate surface area is 125 Å². The van der Waals surface area contributed by atoms with Gasteiger partial charge in [0.05, 0.1) is 0 Å². The maximum absolute atomic E-state index is 5.10. The molecule has 1 aromatic heterocycles. The highest BCUT2D eigenvalue weighted by atomic mass is 16.5. The number of methoxy groups -OCH3 is 1. The van der Waals surface area contributed by atoms with Crippen LogP contribution in [0.4, 0.5) is 11.6 Å². The SMILES string of the molecule is CNc1cc(NCC(C)c2ccccc2)nc(COC)n1. The molecule has 0 saturated carbocycles. The molecule has 21 heavy (non-hydrogen) atoms. The Morgan fingerprint density at radius 1 is 1.14 bits per heavy atom. The molecule has 1 aromatic carbocycles. The highest BCUT2D eigenvalue weighted by Crippen LogP contribution is 2.17. The van der Waals surface area contributed by atoms with Gasteiger partial charge in [-0.1, -0.05) is 37.3 Å². The van der Waals surface area contributed by atoms with E-state index in [0.29, 0.717) is 18.3 Å². The second-order valence-electron chi connectivity index (χ2n) is 4.93. The fourth-order valence-corrected chi connectivity index (χ4v) is 2.07. The van der Waals surface area contributed by atoms with Crippen LogP contribution in [0, 0.1) is 0 Å². The summed E-state index contributed by atoms with van der Waals surface area (Å²) < 4.78 is 5.10. The molecule has 0 aliphatic rings. The van der Waals surface area contributed by atoms with Gasteiger partial charge in [0.25, 0.3) is 0 Å². The van der Waals surface area contributed by atoms with E-state index >= 15 is 0 Å². The van der Waals surface area contributed by atoms with Crippen LogP contribution in [0.15, 0.2) is 36.4 Å². The number of ether oxygens (including phenoxy) is 1. The molecule has 0 aliphatic carbocycles. The van der Waals surface area contributed by atoms with Crippen molar-refractivity contribution < 1.29 is 4.74 Å². The zero-order valence-corrected chi connectivity index (χ0v) is 12.8. The molecule has 2 rings (SSSR count). The Bertz CT molecular complexity index is 559. The molecule has 1 atom stereocenters. The van der Waals surface area contributed by atoms with Crippen molar-refractivity contribution in [2.75, 3.05) is 31.3 Å². The van der Waals surface area contributed by atoms with Gasteiger partial charge in [0.1, 0.15) is 18.2 Å². The molecule has 0 bridgehead atoms. The van der Waals surface area contributed by atoms with Gasteiger partial charge in [-0.2, -0.15) is 0 Å². The number of benzene rings is 1. The molecule has 5 heteroatoms. The molecular formula is C16H22N4O. The average Bonchev–Trinajstić information content (AvgIpc) is 2.53. The molecular weight excluding hydrogens is 264 g/mol. The Morgan fingerprint density at radius 3 is 2.52 bits per heavy atom. The fraction of sp³-hybridized carbons (Fsp3) is 0.375. The summed E-state index contributed by atoms with van der Waals surface area (Å²) in [6.45, 7) is 3.41. The Morgan fingerprint density at radius 2 is 1.86 bits per heavy atom. The van der Waals surface area contributed by atoms with Crippen molar-refractivity contribution in [2.45, 2.75) is 19.4 Å². The molecule has 1 unspecified atom stereocenters. The summed E-state index contributed by atoms with van der Waals surface area (Å²) in [5, 5.41) is 6.41. The summed E-state index contributed by atoms with van der Waals surface area (Å²) in [6, 6.07) is 12.3. The van der Waals surface area contributed by atoms with Crippen LogP contribution < -0.4 is 10.6 Å². The van der Waals surface area contributed by atoms with Crippen molar-refractivity contribution in [3.63, 3.8) is 0 Å². The van der Waals surface area contributed by atoms with Crippen LogP contribution in [0.3, 0.4) is 0 Å². The predicted octanol–water partition coefficient (Wildman–Crippen LogP) is 2.88. The topological polar surface area (TPSA) is 59.1 Å². The molecule has 112 valence electrons. The third-order valence-electron chi connectivity index (χ3n) is 3.26. The normalized spacial score (nSPS) is 12.0. The van der Waals surface area contributed by atoms with E-state index in [-0.39, 0.29) is 0 Å². The third kappa shape index (κ3) is 4.43. The first-order valence-corrected chi connectivity index (χ1v) is 7.06. The molecule has 0 saturated heterocycles. The van der Waals surface area contributed by atoms with Gasteiger partial charge < -0.3 is 15.4 Å². The summed E-state index contributed by atoms with van der Waals surface area (Å²) in [4.78, 5) is 8.79. The van der Waals surface area contributed by atoms with E-state index < -0.39 is 0 Å². The van der Waals surface area contributed by atoms with E-state index in [2.05, 4.69) is 51.8 Å². The van der Waals surface area contributed by atoms with Crippen molar-refractivity contribution in [2.24, 2.45) is 0 Å². The summed E-state index contributed by atoms with van der Waals surface area (Å²) >= 11 is 0. The predicted molar refractivity (Wildman–Crippen MR) is 85.6 cm³/mol. The van der Waals surface area contributed by atoms with Gasteiger partial charge in [0, 0.05) is 26.8 Å². The molecule has 0 fully saturated rings. The maximum atomic E-state index is 5.10. The van der Waals surface area contributed by atoms with Gasteiger partial charge in [-0.3, -0.25) is 0 Å². The van der Waals surface area contributed by atoms with E-state index in [1.807, 2.05) is 19.2 Å². The lowest BCUT2D eigenvalue weighted by Gasteiger charge is -2.14. The minimum absolute atomic E-state index is 0.401. The molecule has 2 aromatic rings. The standard InChI is InChI=1S/C16H22N4O/c1-12(13-7-5-4-6-8-13)10-18-15-9-14(17-2)19-16(20-15)11-21-3/h4-9,12H,10-11H2,1-3H3,(H2,17,18,19,20). The maximum Gasteiger partial charge on any atom is 0.158 e. The van der Waals surface area contributed by atoms with Crippen molar-refractivity contribution in [3.8, 4) is 0 Å². The van der Waals surface area contributed by atoms with E-state index in [1.165, 1.54) is 5.56 Å². The van der Waals surface area contributed by atoms with Gasteiger partial charge in [-0.15, -0.1) is 0 Å². The molecule has 5 nitrogen and oxygen atoms in total. The average molecular weight is 286 g/mol. The highest BCUT2D eigenvalue weighted by molar-refractivity contribution is 5.47. The van der Waals surface area contributed by atoms with Crippen LogP contribution in [-0.4, -0.2) is 30.7 Å². The molecule has 0 aliphatic heterocycles.